The quantitative estimate of drug-likeness (QED) is 0.660. The van der Waals surface area contributed by atoms with Gasteiger partial charge in [-0.25, -0.2) is 13.2 Å². The van der Waals surface area contributed by atoms with Gasteiger partial charge < -0.3 is 0 Å². The fourth-order valence-corrected chi connectivity index (χ4v) is 0.927. The lowest BCUT2D eigenvalue weighted by Gasteiger charge is -1.99. The second kappa shape index (κ2) is 4.14. The van der Waals surface area contributed by atoms with Crippen LogP contribution in [0, 0.1) is 5.82 Å². The molecule has 0 aliphatic heterocycles. The standard InChI is InChI=1S/C9H9F3/c10-8-4-1-7(2-5-8)3-6-9(11)12/h1-2,4-5,9H,3,6H2. The zero-order valence-corrected chi connectivity index (χ0v) is 6.43. The normalized spacial score (nSPS) is 10.7. The zero-order chi connectivity index (χ0) is 8.97. The molecular formula is C9H9F3. The fourth-order valence-electron chi connectivity index (χ4n) is 0.927. The van der Waals surface area contributed by atoms with Crippen molar-refractivity contribution < 1.29 is 13.2 Å². The molecule has 0 fully saturated rings. The van der Waals surface area contributed by atoms with Crippen molar-refractivity contribution in [1.82, 2.24) is 0 Å². The summed E-state index contributed by atoms with van der Waals surface area (Å²) in [6, 6.07) is 5.61. The molecule has 0 aliphatic rings. The third-order valence-corrected chi connectivity index (χ3v) is 1.56. The Kier molecular flexibility index (Phi) is 3.14. The summed E-state index contributed by atoms with van der Waals surface area (Å²) < 4.78 is 35.8. The first-order chi connectivity index (χ1) is 5.68. The Bertz CT molecular complexity index is 228. The summed E-state index contributed by atoms with van der Waals surface area (Å²) in [4.78, 5) is 0. The van der Waals surface area contributed by atoms with Crippen LogP contribution >= 0.6 is 0 Å². The van der Waals surface area contributed by atoms with E-state index in [0.717, 1.165) is 5.56 Å². The molecule has 0 spiro atoms. The Labute approximate surface area is 69.0 Å². The first-order valence-corrected chi connectivity index (χ1v) is 3.71. The van der Waals surface area contributed by atoms with Crippen molar-refractivity contribution in [2.24, 2.45) is 0 Å². The minimum Gasteiger partial charge on any atom is -0.211 e. The smallest absolute Gasteiger partial charge is 0.211 e. The zero-order valence-electron chi connectivity index (χ0n) is 6.43. The molecule has 1 rings (SSSR count). The van der Waals surface area contributed by atoms with Crippen LogP contribution in [0.4, 0.5) is 13.2 Å². The van der Waals surface area contributed by atoms with E-state index >= 15 is 0 Å². The van der Waals surface area contributed by atoms with Crippen molar-refractivity contribution in [2.45, 2.75) is 19.3 Å². The van der Waals surface area contributed by atoms with E-state index in [9.17, 15) is 13.2 Å². The highest BCUT2D eigenvalue weighted by Gasteiger charge is 2.02. The molecule has 0 N–H and O–H groups in total. The third-order valence-electron chi connectivity index (χ3n) is 1.56. The number of rotatable bonds is 3. The van der Waals surface area contributed by atoms with Crippen molar-refractivity contribution in [3.8, 4) is 0 Å². The topological polar surface area (TPSA) is 0 Å². The van der Waals surface area contributed by atoms with Crippen molar-refractivity contribution in [2.75, 3.05) is 0 Å². The molecule has 1 aromatic carbocycles. The van der Waals surface area contributed by atoms with E-state index < -0.39 is 6.43 Å². The predicted molar refractivity (Wildman–Crippen MR) is 40.7 cm³/mol. The molecule has 0 aliphatic carbocycles. The molecule has 1 aromatic rings. The van der Waals surface area contributed by atoms with E-state index in [1.807, 2.05) is 0 Å². The second-order valence-electron chi connectivity index (χ2n) is 2.56. The van der Waals surface area contributed by atoms with Gasteiger partial charge in [0.2, 0.25) is 6.43 Å². The van der Waals surface area contributed by atoms with Gasteiger partial charge in [-0.05, 0) is 24.1 Å². The van der Waals surface area contributed by atoms with Crippen molar-refractivity contribution in [3.05, 3.63) is 35.6 Å². The fraction of sp³-hybridized carbons (Fsp3) is 0.333. The third kappa shape index (κ3) is 2.95. The lowest BCUT2D eigenvalue weighted by molar-refractivity contribution is 0.138. The number of hydrogen-bond donors (Lipinski definition) is 0. The predicted octanol–water partition coefficient (Wildman–Crippen LogP) is 3.02. The molecule has 0 unspecified atom stereocenters. The van der Waals surface area contributed by atoms with Gasteiger partial charge in [-0.1, -0.05) is 12.1 Å². The largest absolute Gasteiger partial charge is 0.239 e. The highest BCUT2D eigenvalue weighted by atomic mass is 19.3. The van der Waals surface area contributed by atoms with E-state index in [-0.39, 0.29) is 12.2 Å². The van der Waals surface area contributed by atoms with Crippen LogP contribution in [0.25, 0.3) is 0 Å². The van der Waals surface area contributed by atoms with Crippen LogP contribution in [0.1, 0.15) is 12.0 Å². The van der Waals surface area contributed by atoms with Gasteiger partial charge in [0.05, 0.1) is 0 Å². The molecule has 12 heavy (non-hydrogen) atoms. The maximum absolute atomic E-state index is 12.3. The average Bonchev–Trinajstić information content (AvgIpc) is 2.03. The number of aryl methyl sites for hydroxylation is 1. The average molecular weight is 174 g/mol. The minimum absolute atomic E-state index is 0.161. The van der Waals surface area contributed by atoms with Crippen LogP contribution in [0.15, 0.2) is 24.3 Å². The van der Waals surface area contributed by atoms with Gasteiger partial charge in [0, 0.05) is 6.42 Å². The monoisotopic (exact) mass is 174 g/mol. The van der Waals surface area contributed by atoms with Crippen LogP contribution < -0.4 is 0 Å². The van der Waals surface area contributed by atoms with E-state index in [0.29, 0.717) is 6.42 Å². The van der Waals surface area contributed by atoms with Crippen LogP contribution in [0.3, 0.4) is 0 Å². The van der Waals surface area contributed by atoms with E-state index in [1.54, 1.807) is 0 Å². The first-order valence-electron chi connectivity index (χ1n) is 3.71. The van der Waals surface area contributed by atoms with Gasteiger partial charge in [0.15, 0.2) is 0 Å². The number of alkyl halides is 2. The van der Waals surface area contributed by atoms with Gasteiger partial charge >= 0.3 is 0 Å². The molecule has 0 nitrogen and oxygen atoms in total. The first kappa shape index (κ1) is 9.10. The summed E-state index contributed by atoms with van der Waals surface area (Å²) in [6.07, 6.45) is -2.14. The number of benzene rings is 1. The molecule has 0 saturated carbocycles. The highest BCUT2D eigenvalue weighted by Crippen LogP contribution is 2.08. The van der Waals surface area contributed by atoms with E-state index in [2.05, 4.69) is 0 Å². The molecule has 3 heteroatoms. The summed E-state index contributed by atoms with van der Waals surface area (Å²) >= 11 is 0. The van der Waals surface area contributed by atoms with Crippen LogP contribution in [0.2, 0.25) is 0 Å². The van der Waals surface area contributed by atoms with Crippen LogP contribution in [-0.4, -0.2) is 6.43 Å². The Morgan fingerprint density at radius 3 is 2.17 bits per heavy atom. The van der Waals surface area contributed by atoms with Crippen molar-refractivity contribution in [3.63, 3.8) is 0 Å². The summed E-state index contributed by atoms with van der Waals surface area (Å²) in [6.45, 7) is 0. The Balaban J connectivity index is 2.48. The van der Waals surface area contributed by atoms with Gasteiger partial charge in [-0.2, -0.15) is 0 Å². The number of halogens is 3. The minimum atomic E-state index is -2.28. The second-order valence-corrected chi connectivity index (χ2v) is 2.56. The molecule has 0 heterocycles. The summed E-state index contributed by atoms with van der Waals surface area (Å²) in [7, 11) is 0. The number of hydrogen-bond acceptors (Lipinski definition) is 0. The van der Waals surface area contributed by atoms with Crippen molar-refractivity contribution >= 4 is 0 Å². The molecule has 0 amide bonds. The maximum Gasteiger partial charge on any atom is 0.239 e. The van der Waals surface area contributed by atoms with Gasteiger partial charge in [-0.3, -0.25) is 0 Å². The van der Waals surface area contributed by atoms with Gasteiger partial charge in [-0.15, -0.1) is 0 Å². The maximum atomic E-state index is 12.3. The van der Waals surface area contributed by atoms with Crippen LogP contribution in [0.5, 0.6) is 0 Å². The summed E-state index contributed by atoms with van der Waals surface area (Å²) in [5.41, 5.74) is 0.747. The molecule has 0 atom stereocenters. The molecule has 66 valence electrons. The van der Waals surface area contributed by atoms with E-state index in [4.69, 9.17) is 0 Å². The SMILES string of the molecule is Fc1ccc(CCC(F)F)cc1. The molecular weight excluding hydrogens is 165 g/mol. The van der Waals surface area contributed by atoms with E-state index in [1.165, 1.54) is 24.3 Å². The summed E-state index contributed by atoms with van der Waals surface area (Å²) in [5.74, 6) is -0.337. The molecule has 0 aromatic heterocycles. The Morgan fingerprint density at radius 2 is 1.67 bits per heavy atom. The Hall–Kier alpha value is -0.990. The molecule has 0 saturated heterocycles. The van der Waals surface area contributed by atoms with Crippen LogP contribution in [-0.2, 0) is 6.42 Å². The highest BCUT2D eigenvalue weighted by molar-refractivity contribution is 5.15. The molecule has 0 radical (unpaired) electrons. The molecule has 0 bridgehead atoms. The lowest BCUT2D eigenvalue weighted by Crippen LogP contribution is -1.93. The summed E-state index contributed by atoms with van der Waals surface area (Å²) in [5, 5.41) is 0. The van der Waals surface area contributed by atoms with Gasteiger partial charge in [0.1, 0.15) is 5.82 Å². The van der Waals surface area contributed by atoms with Gasteiger partial charge in [0.25, 0.3) is 0 Å². The van der Waals surface area contributed by atoms with Crippen molar-refractivity contribution in [1.29, 1.82) is 0 Å². The lowest BCUT2D eigenvalue weighted by atomic mass is 10.1. The Morgan fingerprint density at radius 1 is 1.08 bits per heavy atom.